The molecule has 0 atom stereocenters. The lowest BCUT2D eigenvalue weighted by Crippen LogP contribution is -2.41. The summed E-state index contributed by atoms with van der Waals surface area (Å²) < 4.78 is 5.68. The predicted octanol–water partition coefficient (Wildman–Crippen LogP) is 2.88. The number of hydrogen-bond donors (Lipinski definition) is 3. The van der Waals surface area contributed by atoms with Gasteiger partial charge in [0.1, 0.15) is 17.2 Å². The van der Waals surface area contributed by atoms with E-state index in [1.54, 1.807) is 42.6 Å². The summed E-state index contributed by atoms with van der Waals surface area (Å²) >= 11 is 0. The smallest absolute Gasteiger partial charge is 0.286 e. The summed E-state index contributed by atoms with van der Waals surface area (Å²) in [5.41, 5.74) is 5.43. The molecular formula is C18H15N3O3. The summed E-state index contributed by atoms with van der Waals surface area (Å²) in [6.45, 7) is 0. The number of rotatable bonds is 4. The number of amides is 2. The Labute approximate surface area is 138 Å². The third kappa shape index (κ3) is 3.80. The van der Waals surface area contributed by atoms with E-state index in [-0.39, 0.29) is 0 Å². The Bertz CT molecular complexity index is 830. The number of aromatic amines is 1. The first kappa shape index (κ1) is 15.4. The van der Waals surface area contributed by atoms with Crippen molar-refractivity contribution in [3.8, 4) is 11.5 Å². The molecule has 6 nitrogen and oxygen atoms in total. The van der Waals surface area contributed by atoms with E-state index < -0.39 is 11.8 Å². The highest BCUT2D eigenvalue weighted by Crippen LogP contribution is 2.21. The van der Waals surface area contributed by atoms with Gasteiger partial charge in [-0.15, -0.1) is 0 Å². The molecule has 6 heteroatoms. The van der Waals surface area contributed by atoms with Crippen LogP contribution in [-0.2, 0) is 0 Å². The van der Waals surface area contributed by atoms with Gasteiger partial charge in [-0.3, -0.25) is 20.4 Å². The molecule has 0 aliphatic heterocycles. The van der Waals surface area contributed by atoms with Crippen molar-refractivity contribution in [2.45, 2.75) is 0 Å². The maximum absolute atomic E-state index is 12.1. The fourth-order valence-electron chi connectivity index (χ4n) is 2.05. The molecule has 24 heavy (non-hydrogen) atoms. The topological polar surface area (TPSA) is 83.2 Å². The molecule has 1 heterocycles. The second kappa shape index (κ2) is 7.15. The molecule has 0 aliphatic carbocycles. The zero-order chi connectivity index (χ0) is 16.8. The van der Waals surface area contributed by atoms with E-state index in [9.17, 15) is 9.59 Å². The number of aromatic nitrogens is 1. The molecule has 0 aliphatic rings. The average Bonchev–Trinajstić information content (AvgIpc) is 3.15. The number of hydrazine groups is 1. The summed E-state index contributed by atoms with van der Waals surface area (Å²) in [5.74, 6) is 0.345. The Balaban J connectivity index is 1.63. The van der Waals surface area contributed by atoms with Crippen molar-refractivity contribution in [3.63, 3.8) is 0 Å². The third-order valence-corrected chi connectivity index (χ3v) is 3.21. The average molecular weight is 321 g/mol. The van der Waals surface area contributed by atoms with Crippen LogP contribution in [0.15, 0.2) is 72.9 Å². The van der Waals surface area contributed by atoms with Crippen molar-refractivity contribution in [3.05, 3.63) is 84.2 Å². The summed E-state index contributed by atoms with van der Waals surface area (Å²) in [6.07, 6.45) is 1.63. The molecule has 0 spiro atoms. The zero-order valence-corrected chi connectivity index (χ0v) is 12.7. The Morgan fingerprint density at radius 1 is 0.792 bits per heavy atom. The number of nitrogens with one attached hydrogen (secondary N) is 3. The summed E-state index contributed by atoms with van der Waals surface area (Å²) in [7, 11) is 0. The molecule has 0 unspecified atom stereocenters. The van der Waals surface area contributed by atoms with Gasteiger partial charge in [0.15, 0.2) is 0 Å². The minimum Gasteiger partial charge on any atom is -0.457 e. The first-order chi connectivity index (χ1) is 11.7. The van der Waals surface area contributed by atoms with Gasteiger partial charge in [-0.05, 0) is 42.5 Å². The van der Waals surface area contributed by atoms with Crippen LogP contribution < -0.4 is 15.6 Å². The van der Waals surface area contributed by atoms with Crippen LogP contribution in [0.4, 0.5) is 0 Å². The van der Waals surface area contributed by atoms with Gasteiger partial charge in [0.05, 0.1) is 0 Å². The molecule has 1 aromatic heterocycles. The maximum atomic E-state index is 12.1. The Morgan fingerprint density at radius 3 is 2.29 bits per heavy atom. The van der Waals surface area contributed by atoms with Crippen molar-refractivity contribution in [1.29, 1.82) is 0 Å². The molecule has 3 rings (SSSR count). The first-order valence-electron chi connectivity index (χ1n) is 7.29. The number of carbonyl (C=O) groups excluding carboxylic acids is 2. The first-order valence-corrected chi connectivity index (χ1v) is 7.29. The van der Waals surface area contributed by atoms with Gasteiger partial charge in [0, 0.05) is 11.8 Å². The minimum absolute atomic E-state index is 0.358. The molecule has 0 saturated heterocycles. The maximum Gasteiger partial charge on any atom is 0.286 e. The molecule has 0 saturated carbocycles. The summed E-state index contributed by atoms with van der Waals surface area (Å²) in [5, 5.41) is 0. The van der Waals surface area contributed by atoms with Gasteiger partial charge in [0.2, 0.25) is 0 Å². The molecule has 2 amide bonds. The molecule has 0 bridgehead atoms. The van der Waals surface area contributed by atoms with Crippen LogP contribution in [0.3, 0.4) is 0 Å². The zero-order valence-electron chi connectivity index (χ0n) is 12.7. The van der Waals surface area contributed by atoms with Crippen LogP contribution >= 0.6 is 0 Å². The van der Waals surface area contributed by atoms with Gasteiger partial charge in [-0.1, -0.05) is 24.3 Å². The van der Waals surface area contributed by atoms with Crippen LogP contribution in [0.1, 0.15) is 20.8 Å². The van der Waals surface area contributed by atoms with Gasteiger partial charge in [0.25, 0.3) is 11.8 Å². The lowest BCUT2D eigenvalue weighted by Gasteiger charge is -2.09. The fraction of sp³-hybridized carbons (Fsp3) is 0. The molecule has 0 fully saturated rings. The standard InChI is InChI=1S/C18H15N3O3/c22-17(20-21-18(23)16-10-5-11-19-16)13-6-4-9-15(12-13)24-14-7-2-1-3-8-14/h1-12,19H,(H,20,22)(H,21,23). The lowest BCUT2D eigenvalue weighted by atomic mass is 10.2. The predicted molar refractivity (Wildman–Crippen MR) is 88.7 cm³/mol. The van der Waals surface area contributed by atoms with E-state index in [2.05, 4.69) is 15.8 Å². The second-order valence-corrected chi connectivity index (χ2v) is 4.93. The highest BCUT2D eigenvalue weighted by atomic mass is 16.5. The van der Waals surface area contributed by atoms with E-state index in [0.29, 0.717) is 22.8 Å². The van der Waals surface area contributed by atoms with Crippen molar-refractivity contribution in [2.24, 2.45) is 0 Å². The van der Waals surface area contributed by atoms with E-state index in [0.717, 1.165) is 0 Å². The Morgan fingerprint density at radius 2 is 1.54 bits per heavy atom. The van der Waals surface area contributed by atoms with E-state index in [1.165, 1.54) is 0 Å². The lowest BCUT2D eigenvalue weighted by molar-refractivity contribution is 0.0844. The highest BCUT2D eigenvalue weighted by Gasteiger charge is 2.10. The number of benzene rings is 2. The summed E-state index contributed by atoms with van der Waals surface area (Å²) in [4.78, 5) is 26.7. The molecule has 0 radical (unpaired) electrons. The van der Waals surface area contributed by atoms with Crippen molar-refractivity contribution >= 4 is 11.8 Å². The van der Waals surface area contributed by atoms with E-state index in [1.807, 2.05) is 30.3 Å². The number of para-hydroxylation sites is 1. The minimum atomic E-state index is -0.437. The van der Waals surface area contributed by atoms with E-state index in [4.69, 9.17) is 4.74 Å². The highest BCUT2D eigenvalue weighted by molar-refractivity contribution is 5.98. The van der Waals surface area contributed by atoms with Gasteiger partial charge in [-0.25, -0.2) is 0 Å². The quantitative estimate of drug-likeness (QED) is 0.646. The largest absolute Gasteiger partial charge is 0.457 e. The van der Waals surface area contributed by atoms with Crippen LogP contribution in [0.2, 0.25) is 0 Å². The van der Waals surface area contributed by atoms with Crippen LogP contribution in [0.25, 0.3) is 0 Å². The van der Waals surface area contributed by atoms with Crippen LogP contribution in [-0.4, -0.2) is 16.8 Å². The van der Waals surface area contributed by atoms with E-state index >= 15 is 0 Å². The van der Waals surface area contributed by atoms with Gasteiger partial charge in [-0.2, -0.15) is 0 Å². The molecule has 3 aromatic rings. The second-order valence-electron chi connectivity index (χ2n) is 4.93. The normalized spacial score (nSPS) is 10.0. The molecular weight excluding hydrogens is 306 g/mol. The third-order valence-electron chi connectivity index (χ3n) is 3.21. The number of hydrogen-bond acceptors (Lipinski definition) is 3. The Kier molecular flexibility index (Phi) is 4.57. The van der Waals surface area contributed by atoms with Crippen molar-refractivity contribution < 1.29 is 14.3 Å². The summed E-state index contributed by atoms with van der Waals surface area (Å²) in [6, 6.07) is 19.3. The van der Waals surface area contributed by atoms with Gasteiger partial charge >= 0.3 is 0 Å². The van der Waals surface area contributed by atoms with Crippen molar-refractivity contribution in [1.82, 2.24) is 15.8 Å². The number of H-pyrrole nitrogens is 1. The number of ether oxygens (including phenoxy) is 1. The monoisotopic (exact) mass is 321 g/mol. The molecule has 120 valence electrons. The molecule has 2 aromatic carbocycles. The van der Waals surface area contributed by atoms with Crippen LogP contribution in [0.5, 0.6) is 11.5 Å². The number of carbonyl (C=O) groups is 2. The van der Waals surface area contributed by atoms with Crippen LogP contribution in [0, 0.1) is 0 Å². The van der Waals surface area contributed by atoms with Crippen molar-refractivity contribution in [2.75, 3.05) is 0 Å². The molecule has 3 N–H and O–H groups in total. The van der Waals surface area contributed by atoms with Gasteiger partial charge < -0.3 is 9.72 Å². The SMILES string of the molecule is O=C(NNC(=O)c1ccc[nH]1)c1cccc(Oc2ccccc2)c1. The fourth-order valence-corrected chi connectivity index (χ4v) is 2.05. The Hall–Kier alpha value is -3.54.